The van der Waals surface area contributed by atoms with E-state index in [9.17, 15) is 9.18 Å². The van der Waals surface area contributed by atoms with Crippen LogP contribution in [0.5, 0.6) is 0 Å². The number of carbonyl (C=O) groups excluding carboxylic acids is 1. The number of benzene rings is 3. The Hall–Kier alpha value is -3.77. The number of nitrogens with one attached hydrogen (secondary N) is 2. The number of nitrogens with zero attached hydrogens (tertiary/aromatic N) is 2. The van der Waals surface area contributed by atoms with Crippen molar-refractivity contribution in [3.63, 3.8) is 0 Å². The standard InChI is InChI=1S/C26H20ClFN4O/c27-21-10-9-17(14-22(21)28)20-15-24(20)30-26(33)18-7-4-8-19(13-18)29-25-12-11-23(31-32-25)16-5-2-1-3-6-16/h1-14,20,24H,15H2,(H,29,32)(H,30,33)/t20-,24+/m0/s1. The number of hydrogen-bond acceptors (Lipinski definition) is 4. The lowest BCUT2D eigenvalue weighted by atomic mass is 10.1. The summed E-state index contributed by atoms with van der Waals surface area (Å²) >= 11 is 5.76. The number of hydrogen-bond donors (Lipinski definition) is 2. The van der Waals surface area contributed by atoms with E-state index < -0.39 is 5.82 Å². The topological polar surface area (TPSA) is 66.9 Å². The number of halogens is 2. The van der Waals surface area contributed by atoms with Crippen molar-refractivity contribution in [2.45, 2.75) is 18.4 Å². The molecule has 4 aromatic rings. The molecule has 1 fully saturated rings. The molecular formula is C26H20ClFN4O. The van der Waals surface area contributed by atoms with E-state index in [-0.39, 0.29) is 22.9 Å². The van der Waals surface area contributed by atoms with E-state index in [0.29, 0.717) is 11.4 Å². The molecule has 2 atom stereocenters. The summed E-state index contributed by atoms with van der Waals surface area (Å²) in [5, 5.41) is 14.8. The predicted molar refractivity (Wildman–Crippen MR) is 127 cm³/mol. The summed E-state index contributed by atoms with van der Waals surface area (Å²) < 4.78 is 13.7. The van der Waals surface area contributed by atoms with E-state index >= 15 is 0 Å². The van der Waals surface area contributed by atoms with Crippen molar-refractivity contribution < 1.29 is 9.18 Å². The highest BCUT2D eigenvalue weighted by atomic mass is 35.5. The zero-order valence-corrected chi connectivity index (χ0v) is 18.3. The molecule has 0 radical (unpaired) electrons. The fourth-order valence-corrected chi connectivity index (χ4v) is 3.88. The minimum atomic E-state index is -0.440. The zero-order valence-electron chi connectivity index (χ0n) is 17.5. The van der Waals surface area contributed by atoms with Crippen molar-refractivity contribution in [1.29, 1.82) is 0 Å². The molecule has 1 aromatic heterocycles. The van der Waals surface area contributed by atoms with Gasteiger partial charge in [-0.15, -0.1) is 10.2 Å². The maximum Gasteiger partial charge on any atom is 0.251 e. The first-order valence-corrected chi connectivity index (χ1v) is 11.0. The van der Waals surface area contributed by atoms with Crippen LogP contribution in [0.1, 0.15) is 28.3 Å². The summed E-state index contributed by atoms with van der Waals surface area (Å²) in [6, 6.07) is 25.5. The van der Waals surface area contributed by atoms with Crippen LogP contribution < -0.4 is 10.6 Å². The number of amides is 1. The Bertz CT molecular complexity index is 1300. The SMILES string of the molecule is O=C(N[C@@H]1C[C@H]1c1ccc(Cl)c(F)c1)c1cccc(Nc2ccc(-c3ccccc3)nn2)c1. The van der Waals surface area contributed by atoms with E-state index in [1.54, 1.807) is 24.3 Å². The van der Waals surface area contributed by atoms with Gasteiger partial charge in [-0.2, -0.15) is 0 Å². The van der Waals surface area contributed by atoms with E-state index in [0.717, 1.165) is 28.9 Å². The molecule has 7 heteroatoms. The molecule has 2 N–H and O–H groups in total. The van der Waals surface area contributed by atoms with E-state index in [4.69, 9.17) is 11.6 Å². The van der Waals surface area contributed by atoms with Gasteiger partial charge in [0.05, 0.1) is 10.7 Å². The van der Waals surface area contributed by atoms with Gasteiger partial charge in [0, 0.05) is 28.8 Å². The first-order valence-electron chi connectivity index (χ1n) is 10.6. The second kappa shape index (κ2) is 9.00. The van der Waals surface area contributed by atoms with Gasteiger partial charge in [-0.05, 0) is 54.4 Å². The molecule has 0 saturated heterocycles. The fourth-order valence-electron chi connectivity index (χ4n) is 3.77. The van der Waals surface area contributed by atoms with Gasteiger partial charge in [-0.1, -0.05) is 54.1 Å². The van der Waals surface area contributed by atoms with Gasteiger partial charge in [0.25, 0.3) is 5.91 Å². The normalized spacial score (nSPS) is 16.8. The van der Waals surface area contributed by atoms with Crippen LogP contribution in [0, 0.1) is 5.82 Å². The van der Waals surface area contributed by atoms with Crippen molar-refractivity contribution in [2.24, 2.45) is 0 Å². The quantitative estimate of drug-likeness (QED) is 0.374. The zero-order chi connectivity index (χ0) is 22.8. The lowest BCUT2D eigenvalue weighted by Crippen LogP contribution is -2.26. The summed E-state index contributed by atoms with van der Waals surface area (Å²) in [5.41, 5.74) is 3.89. The van der Waals surface area contributed by atoms with Crippen LogP contribution in [0.25, 0.3) is 11.3 Å². The van der Waals surface area contributed by atoms with Crippen LogP contribution in [-0.4, -0.2) is 22.1 Å². The Labute approximate surface area is 195 Å². The number of aromatic nitrogens is 2. The van der Waals surface area contributed by atoms with Crippen LogP contribution in [-0.2, 0) is 0 Å². The van der Waals surface area contributed by atoms with Gasteiger partial charge in [0.15, 0.2) is 5.82 Å². The van der Waals surface area contributed by atoms with Gasteiger partial charge >= 0.3 is 0 Å². The lowest BCUT2D eigenvalue weighted by Gasteiger charge is -2.09. The van der Waals surface area contributed by atoms with E-state index in [2.05, 4.69) is 20.8 Å². The molecule has 33 heavy (non-hydrogen) atoms. The molecule has 5 nitrogen and oxygen atoms in total. The molecule has 164 valence electrons. The Morgan fingerprint density at radius 3 is 2.55 bits per heavy atom. The predicted octanol–water partition coefficient (Wildman–Crippen LogP) is 5.97. The van der Waals surface area contributed by atoms with Gasteiger partial charge in [0.1, 0.15) is 5.82 Å². The Morgan fingerprint density at radius 1 is 0.939 bits per heavy atom. The Kier molecular flexibility index (Phi) is 5.75. The molecule has 1 aliphatic rings. The van der Waals surface area contributed by atoms with Crippen LogP contribution >= 0.6 is 11.6 Å². The highest BCUT2D eigenvalue weighted by molar-refractivity contribution is 6.30. The molecule has 5 rings (SSSR count). The highest BCUT2D eigenvalue weighted by Gasteiger charge is 2.39. The second-order valence-electron chi connectivity index (χ2n) is 7.97. The van der Waals surface area contributed by atoms with Crippen molar-refractivity contribution in [2.75, 3.05) is 5.32 Å². The van der Waals surface area contributed by atoms with Gasteiger partial charge in [0.2, 0.25) is 0 Å². The minimum absolute atomic E-state index is 0.0221. The highest BCUT2D eigenvalue weighted by Crippen LogP contribution is 2.41. The number of rotatable bonds is 6. The smallest absolute Gasteiger partial charge is 0.251 e. The molecule has 0 aliphatic heterocycles. The Balaban J connectivity index is 1.22. The molecule has 0 unspecified atom stereocenters. The molecule has 0 spiro atoms. The van der Waals surface area contributed by atoms with Crippen LogP contribution in [0.2, 0.25) is 5.02 Å². The first kappa shape index (κ1) is 21.1. The average molecular weight is 459 g/mol. The number of anilines is 2. The maximum atomic E-state index is 13.7. The third kappa shape index (κ3) is 4.86. The van der Waals surface area contributed by atoms with Crippen LogP contribution in [0.15, 0.2) is 84.9 Å². The summed E-state index contributed by atoms with van der Waals surface area (Å²) in [6.45, 7) is 0. The minimum Gasteiger partial charge on any atom is -0.349 e. The molecule has 1 heterocycles. The van der Waals surface area contributed by atoms with Crippen molar-refractivity contribution >= 4 is 29.0 Å². The third-order valence-electron chi connectivity index (χ3n) is 5.61. The van der Waals surface area contributed by atoms with E-state index in [1.807, 2.05) is 54.6 Å². The van der Waals surface area contributed by atoms with Crippen LogP contribution in [0.4, 0.5) is 15.9 Å². The van der Waals surface area contributed by atoms with Crippen molar-refractivity contribution in [1.82, 2.24) is 15.5 Å². The van der Waals surface area contributed by atoms with Crippen molar-refractivity contribution in [3.8, 4) is 11.3 Å². The summed E-state index contributed by atoms with van der Waals surface area (Å²) in [6.07, 6.45) is 0.772. The molecular weight excluding hydrogens is 439 g/mol. The number of carbonyl (C=O) groups is 1. The molecule has 1 saturated carbocycles. The fraction of sp³-hybridized carbons (Fsp3) is 0.115. The van der Waals surface area contributed by atoms with Crippen LogP contribution in [0.3, 0.4) is 0 Å². The lowest BCUT2D eigenvalue weighted by molar-refractivity contribution is 0.0950. The Morgan fingerprint density at radius 2 is 1.79 bits per heavy atom. The van der Waals surface area contributed by atoms with Gasteiger partial charge in [-0.25, -0.2) is 4.39 Å². The summed E-state index contributed by atoms with van der Waals surface area (Å²) in [5.74, 6) is 0.0654. The maximum absolute atomic E-state index is 13.7. The summed E-state index contributed by atoms with van der Waals surface area (Å²) in [4.78, 5) is 12.7. The molecule has 0 bridgehead atoms. The molecule has 1 aliphatic carbocycles. The van der Waals surface area contributed by atoms with Gasteiger partial charge in [-0.3, -0.25) is 4.79 Å². The van der Waals surface area contributed by atoms with Gasteiger partial charge < -0.3 is 10.6 Å². The molecule has 3 aromatic carbocycles. The summed E-state index contributed by atoms with van der Waals surface area (Å²) in [7, 11) is 0. The monoisotopic (exact) mass is 458 g/mol. The molecule has 1 amide bonds. The first-order chi connectivity index (χ1) is 16.1. The van der Waals surface area contributed by atoms with Crippen molar-refractivity contribution in [3.05, 3.63) is 107 Å². The third-order valence-corrected chi connectivity index (χ3v) is 5.92. The largest absolute Gasteiger partial charge is 0.349 e. The average Bonchev–Trinajstić information content (AvgIpc) is 3.61. The van der Waals surface area contributed by atoms with E-state index in [1.165, 1.54) is 6.07 Å². The second-order valence-corrected chi connectivity index (χ2v) is 8.38.